The molecule has 1 unspecified atom stereocenters. The third-order valence-corrected chi connectivity index (χ3v) is 4.43. The number of benzene rings is 1. The molecule has 1 aliphatic rings. The summed E-state index contributed by atoms with van der Waals surface area (Å²) in [5.74, 6) is -3.53. The van der Waals surface area contributed by atoms with E-state index in [1.807, 2.05) is 0 Å². The number of aliphatic carboxylic acids is 2. The third kappa shape index (κ3) is 3.28. The predicted octanol–water partition coefficient (Wildman–Crippen LogP) is 0.944. The number of amides is 2. The highest BCUT2D eigenvalue weighted by Gasteiger charge is 2.35. The van der Waals surface area contributed by atoms with Gasteiger partial charge in [-0.1, -0.05) is 12.1 Å². The van der Waals surface area contributed by atoms with Crippen LogP contribution in [0.2, 0.25) is 0 Å². The molecule has 8 heteroatoms. The molecule has 1 aromatic rings. The maximum Gasteiger partial charge on any atom is 0.316 e. The zero-order chi connectivity index (χ0) is 16.3. The molecule has 0 bridgehead atoms. The first kappa shape index (κ1) is 16.0. The maximum absolute atomic E-state index is 12.1. The second kappa shape index (κ2) is 6.61. The van der Waals surface area contributed by atoms with E-state index in [1.165, 1.54) is 0 Å². The number of carbonyl (C=O) groups is 4. The smallest absolute Gasteiger partial charge is 0.316 e. The molecule has 2 N–H and O–H groups in total. The van der Waals surface area contributed by atoms with E-state index in [1.54, 1.807) is 24.3 Å². The van der Waals surface area contributed by atoms with E-state index in [0.717, 1.165) is 16.7 Å². The van der Waals surface area contributed by atoms with Gasteiger partial charge in [0, 0.05) is 6.54 Å². The number of carboxylic acid groups (broad SMARTS) is 2. The van der Waals surface area contributed by atoms with Gasteiger partial charge in [-0.2, -0.15) is 0 Å². The minimum atomic E-state index is -1.16. The first-order valence-electron chi connectivity index (χ1n) is 6.43. The van der Waals surface area contributed by atoms with E-state index in [-0.39, 0.29) is 18.7 Å². The Morgan fingerprint density at radius 2 is 1.64 bits per heavy atom. The molecule has 0 saturated heterocycles. The minimum Gasteiger partial charge on any atom is -0.481 e. The topological polar surface area (TPSA) is 112 Å². The summed E-state index contributed by atoms with van der Waals surface area (Å²) in [7, 11) is 0. The van der Waals surface area contributed by atoms with Crippen LogP contribution in [0.4, 0.5) is 0 Å². The number of carboxylic acids is 2. The van der Waals surface area contributed by atoms with Crippen molar-refractivity contribution in [1.29, 1.82) is 0 Å². The molecule has 0 aromatic heterocycles. The Hall–Kier alpha value is -2.35. The SMILES string of the molecule is O=C(O)CSC(CCN1C(=O)c2ccccc2C1=O)C(=O)O. The van der Waals surface area contributed by atoms with Crippen LogP contribution < -0.4 is 0 Å². The normalized spacial score (nSPS) is 14.8. The van der Waals surface area contributed by atoms with Crippen molar-refractivity contribution >= 4 is 35.5 Å². The molecular weight excluding hydrogens is 310 g/mol. The van der Waals surface area contributed by atoms with Gasteiger partial charge in [0.15, 0.2) is 0 Å². The number of imide groups is 1. The monoisotopic (exact) mass is 323 g/mol. The van der Waals surface area contributed by atoms with Gasteiger partial charge >= 0.3 is 11.9 Å². The standard InChI is InChI=1S/C14H13NO6S/c16-11(17)7-22-10(14(20)21)5-6-15-12(18)8-3-1-2-4-9(8)13(15)19/h1-4,10H,5-7H2,(H,16,17)(H,20,21). The number of nitrogens with zero attached hydrogens (tertiary/aromatic N) is 1. The van der Waals surface area contributed by atoms with E-state index < -0.39 is 29.0 Å². The van der Waals surface area contributed by atoms with Crippen LogP contribution in [0.3, 0.4) is 0 Å². The van der Waals surface area contributed by atoms with Crippen LogP contribution in [-0.4, -0.2) is 56.4 Å². The fraction of sp³-hybridized carbons (Fsp3) is 0.286. The number of hydrogen-bond donors (Lipinski definition) is 2. The lowest BCUT2D eigenvalue weighted by Gasteiger charge is -2.16. The molecule has 0 radical (unpaired) electrons. The summed E-state index contributed by atoms with van der Waals surface area (Å²) in [6.07, 6.45) is -0.00124. The molecule has 1 heterocycles. The Kier molecular flexibility index (Phi) is 4.81. The quantitative estimate of drug-likeness (QED) is 0.718. The minimum absolute atomic E-state index is 0.00124. The highest BCUT2D eigenvalue weighted by Crippen LogP contribution is 2.24. The summed E-state index contributed by atoms with van der Waals surface area (Å²) in [5.41, 5.74) is 0.607. The van der Waals surface area contributed by atoms with E-state index in [2.05, 4.69) is 0 Å². The summed E-state index contributed by atoms with van der Waals surface area (Å²) in [6.45, 7) is -0.0596. The average Bonchev–Trinajstić information content (AvgIpc) is 2.71. The molecule has 0 aliphatic carbocycles. The number of rotatable bonds is 7. The second-order valence-electron chi connectivity index (χ2n) is 4.63. The number of fused-ring (bicyclic) bond motifs is 1. The molecule has 7 nitrogen and oxygen atoms in total. The van der Waals surface area contributed by atoms with Crippen molar-refractivity contribution in [2.45, 2.75) is 11.7 Å². The van der Waals surface area contributed by atoms with Crippen molar-refractivity contribution in [3.63, 3.8) is 0 Å². The molecule has 0 spiro atoms. The lowest BCUT2D eigenvalue weighted by atomic mass is 10.1. The van der Waals surface area contributed by atoms with Gasteiger partial charge in [-0.25, -0.2) is 0 Å². The van der Waals surface area contributed by atoms with Gasteiger partial charge in [0.05, 0.1) is 16.9 Å². The molecule has 1 aliphatic heterocycles. The van der Waals surface area contributed by atoms with Gasteiger partial charge in [-0.3, -0.25) is 24.1 Å². The molecule has 0 saturated carbocycles. The summed E-state index contributed by atoms with van der Waals surface area (Å²) in [4.78, 5) is 46.8. The first-order valence-corrected chi connectivity index (χ1v) is 7.48. The summed E-state index contributed by atoms with van der Waals surface area (Å²) >= 11 is 0.759. The van der Waals surface area contributed by atoms with E-state index >= 15 is 0 Å². The molecule has 2 rings (SSSR count). The Morgan fingerprint density at radius 3 is 2.09 bits per heavy atom. The van der Waals surface area contributed by atoms with Crippen LogP contribution in [0.1, 0.15) is 27.1 Å². The van der Waals surface area contributed by atoms with Crippen molar-refractivity contribution in [1.82, 2.24) is 4.90 Å². The maximum atomic E-state index is 12.1. The Labute approximate surface area is 129 Å². The lowest BCUT2D eigenvalue weighted by molar-refractivity contribution is -0.136. The lowest BCUT2D eigenvalue weighted by Crippen LogP contribution is -2.33. The largest absolute Gasteiger partial charge is 0.481 e. The van der Waals surface area contributed by atoms with Crippen LogP contribution in [0.25, 0.3) is 0 Å². The Bertz CT molecular complexity index is 609. The first-order chi connectivity index (χ1) is 10.4. The summed E-state index contributed by atoms with van der Waals surface area (Å²) in [6, 6.07) is 6.39. The molecule has 1 atom stereocenters. The van der Waals surface area contributed by atoms with Crippen LogP contribution in [0.15, 0.2) is 24.3 Å². The average molecular weight is 323 g/mol. The highest BCUT2D eigenvalue weighted by molar-refractivity contribution is 8.01. The van der Waals surface area contributed by atoms with Gasteiger partial charge in [-0.05, 0) is 18.6 Å². The van der Waals surface area contributed by atoms with Gasteiger partial charge in [0.1, 0.15) is 5.25 Å². The molecule has 116 valence electrons. The molecule has 22 heavy (non-hydrogen) atoms. The number of carbonyl (C=O) groups excluding carboxylic acids is 2. The molecule has 2 amide bonds. The molecule has 1 aromatic carbocycles. The van der Waals surface area contributed by atoms with Crippen molar-refractivity contribution < 1.29 is 29.4 Å². The Morgan fingerprint density at radius 1 is 1.09 bits per heavy atom. The Balaban J connectivity index is 2.02. The van der Waals surface area contributed by atoms with Gasteiger partial charge in [0.25, 0.3) is 11.8 Å². The number of thioether (sulfide) groups is 1. The van der Waals surface area contributed by atoms with Crippen molar-refractivity contribution in [3.05, 3.63) is 35.4 Å². The molecular formula is C14H13NO6S. The highest BCUT2D eigenvalue weighted by atomic mass is 32.2. The van der Waals surface area contributed by atoms with Crippen LogP contribution in [0, 0.1) is 0 Å². The van der Waals surface area contributed by atoms with Crippen LogP contribution >= 0.6 is 11.8 Å². The van der Waals surface area contributed by atoms with Crippen molar-refractivity contribution in [3.8, 4) is 0 Å². The van der Waals surface area contributed by atoms with Crippen LogP contribution in [0.5, 0.6) is 0 Å². The van der Waals surface area contributed by atoms with Gasteiger partial charge < -0.3 is 10.2 Å². The van der Waals surface area contributed by atoms with Crippen molar-refractivity contribution in [2.24, 2.45) is 0 Å². The van der Waals surface area contributed by atoms with E-state index in [9.17, 15) is 19.2 Å². The fourth-order valence-electron chi connectivity index (χ4n) is 2.14. The van der Waals surface area contributed by atoms with Crippen LogP contribution in [-0.2, 0) is 9.59 Å². The fourth-order valence-corrected chi connectivity index (χ4v) is 2.90. The third-order valence-electron chi connectivity index (χ3n) is 3.18. The van der Waals surface area contributed by atoms with Gasteiger partial charge in [-0.15, -0.1) is 11.8 Å². The number of hydrogen-bond acceptors (Lipinski definition) is 5. The second-order valence-corrected chi connectivity index (χ2v) is 5.82. The summed E-state index contributed by atoms with van der Waals surface area (Å²) < 4.78 is 0. The van der Waals surface area contributed by atoms with E-state index in [4.69, 9.17) is 10.2 Å². The zero-order valence-corrected chi connectivity index (χ0v) is 12.2. The summed E-state index contributed by atoms with van der Waals surface area (Å²) in [5, 5.41) is 16.7. The van der Waals surface area contributed by atoms with Crippen molar-refractivity contribution in [2.75, 3.05) is 12.3 Å². The predicted molar refractivity (Wildman–Crippen MR) is 77.9 cm³/mol. The van der Waals surface area contributed by atoms with E-state index in [0.29, 0.717) is 11.1 Å². The zero-order valence-electron chi connectivity index (χ0n) is 11.4. The molecule has 0 fully saturated rings. The van der Waals surface area contributed by atoms with Gasteiger partial charge in [0.2, 0.25) is 0 Å².